The minimum absolute atomic E-state index is 0.277. The first-order chi connectivity index (χ1) is 16.9. The van der Waals surface area contributed by atoms with Gasteiger partial charge in [-0.25, -0.2) is 4.98 Å². The second-order valence-electron chi connectivity index (χ2n) is 8.26. The van der Waals surface area contributed by atoms with Crippen molar-refractivity contribution in [3.05, 3.63) is 73.0 Å². The van der Waals surface area contributed by atoms with E-state index < -0.39 is 0 Å². The fourth-order valence-corrected chi connectivity index (χ4v) is 4.16. The number of aromatic nitrogens is 6. The molecule has 9 nitrogen and oxygen atoms in total. The van der Waals surface area contributed by atoms with Gasteiger partial charge in [-0.3, -0.25) is 14.2 Å². The van der Waals surface area contributed by atoms with E-state index in [4.69, 9.17) is 0 Å². The number of hydrogen-bond donors (Lipinski definition) is 2. The summed E-state index contributed by atoms with van der Waals surface area (Å²) in [6.45, 7) is 5.48. The zero-order chi connectivity index (χ0) is 24.7. The van der Waals surface area contributed by atoms with Gasteiger partial charge in [0.05, 0.1) is 18.1 Å². The summed E-state index contributed by atoms with van der Waals surface area (Å²) < 4.78 is 3.29. The van der Waals surface area contributed by atoms with E-state index in [2.05, 4.69) is 38.1 Å². The Morgan fingerprint density at radius 3 is 2.69 bits per heavy atom. The van der Waals surface area contributed by atoms with Crippen molar-refractivity contribution in [3.8, 4) is 39.6 Å². The van der Waals surface area contributed by atoms with Crippen LogP contribution in [0.25, 0.3) is 44.5 Å². The predicted molar refractivity (Wildman–Crippen MR) is 134 cm³/mol. The van der Waals surface area contributed by atoms with Crippen LogP contribution in [0.1, 0.15) is 11.3 Å². The van der Waals surface area contributed by atoms with Gasteiger partial charge in [0.15, 0.2) is 0 Å². The van der Waals surface area contributed by atoms with Gasteiger partial charge in [0.25, 0.3) is 0 Å². The molecule has 1 amide bonds. The molecule has 35 heavy (non-hydrogen) atoms. The van der Waals surface area contributed by atoms with E-state index in [1.165, 1.54) is 6.08 Å². The number of aryl methyl sites for hydroxylation is 3. The predicted octanol–water partition coefficient (Wildman–Crippen LogP) is 4.34. The van der Waals surface area contributed by atoms with Gasteiger partial charge < -0.3 is 10.3 Å². The van der Waals surface area contributed by atoms with Gasteiger partial charge >= 0.3 is 0 Å². The second-order valence-corrected chi connectivity index (χ2v) is 8.26. The normalized spacial score (nSPS) is 10.9. The molecule has 5 aromatic rings. The number of nitrogens with zero attached hydrogens (tertiary/aromatic N) is 6. The molecule has 172 valence electrons. The first kappa shape index (κ1) is 21.9. The van der Waals surface area contributed by atoms with Gasteiger partial charge in [-0.15, -0.1) is 0 Å². The molecule has 0 radical (unpaired) electrons. The summed E-state index contributed by atoms with van der Waals surface area (Å²) in [6.07, 6.45) is 8.37. The Balaban J connectivity index is 1.77. The molecule has 4 heterocycles. The molecule has 0 atom stereocenters. The molecule has 0 bridgehead atoms. The van der Waals surface area contributed by atoms with E-state index in [-0.39, 0.29) is 5.91 Å². The van der Waals surface area contributed by atoms with Gasteiger partial charge in [-0.05, 0) is 36.3 Å². The van der Waals surface area contributed by atoms with E-state index in [1.807, 2.05) is 44.4 Å². The number of rotatable bonds is 5. The lowest BCUT2D eigenvalue weighted by Crippen LogP contribution is -2.08. The molecular formula is C26H22N8O. The van der Waals surface area contributed by atoms with Crippen LogP contribution in [-0.4, -0.2) is 35.4 Å². The van der Waals surface area contributed by atoms with Gasteiger partial charge in [0.1, 0.15) is 17.4 Å². The maximum absolute atomic E-state index is 12.0. The van der Waals surface area contributed by atoms with Crippen LogP contribution < -0.4 is 5.32 Å². The van der Waals surface area contributed by atoms with Crippen molar-refractivity contribution in [2.75, 3.05) is 5.32 Å². The Morgan fingerprint density at radius 2 is 1.97 bits per heavy atom. The number of amides is 1. The van der Waals surface area contributed by atoms with E-state index in [0.29, 0.717) is 22.6 Å². The van der Waals surface area contributed by atoms with Crippen molar-refractivity contribution < 1.29 is 4.79 Å². The van der Waals surface area contributed by atoms with Crippen LogP contribution in [0.5, 0.6) is 0 Å². The minimum Gasteiger partial charge on any atom is -0.339 e. The van der Waals surface area contributed by atoms with Gasteiger partial charge in [-0.2, -0.15) is 15.5 Å². The van der Waals surface area contributed by atoms with Crippen LogP contribution in [0.3, 0.4) is 0 Å². The van der Waals surface area contributed by atoms with Crippen molar-refractivity contribution in [2.45, 2.75) is 6.92 Å². The standard InChI is InChI=1S/C26H22N8O/c1-5-23(35)31-21-9-16(7-6-15(21)2)24-19-8-17(20-13-30-34(4)22(20)10-27)11-28-26(19)32-25(24)18-12-29-33(3)14-18/h5-9,11-14H,1H2,2-4H3,(H,28,32)(H,31,35). The van der Waals surface area contributed by atoms with Crippen LogP contribution in [-0.2, 0) is 18.9 Å². The van der Waals surface area contributed by atoms with Crippen molar-refractivity contribution in [1.82, 2.24) is 29.5 Å². The van der Waals surface area contributed by atoms with Crippen molar-refractivity contribution in [3.63, 3.8) is 0 Å². The molecule has 2 N–H and O–H groups in total. The summed E-state index contributed by atoms with van der Waals surface area (Å²) in [7, 11) is 3.60. The number of fused-ring (bicyclic) bond motifs is 1. The molecular weight excluding hydrogens is 440 g/mol. The Bertz CT molecular complexity index is 1660. The van der Waals surface area contributed by atoms with Crippen LogP contribution in [0.15, 0.2) is 61.7 Å². The van der Waals surface area contributed by atoms with Gasteiger partial charge in [0.2, 0.25) is 5.91 Å². The number of carbonyl (C=O) groups excluding carboxylic acids is 1. The highest BCUT2D eigenvalue weighted by molar-refractivity contribution is 6.05. The topological polar surface area (TPSA) is 117 Å². The Kier molecular flexibility index (Phi) is 5.26. The highest BCUT2D eigenvalue weighted by Crippen LogP contribution is 2.40. The molecule has 1 aromatic carbocycles. The second kappa shape index (κ2) is 8.43. The van der Waals surface area contributed by atoms with Gasteiger partial charge in [0, 0.05) is 59.8 Å². The van der Waals surface area contributed by atoms with Crippen molar-refractivity contribution in [1.29, 1.82) is 5.26 Å². The Hall–Kier alpha value is -4.97. The molecule has 9 heteroatoms. The number of hydrogen-bond acceptors (Lipinski definition) is 5. The average Bonchev–Trinajstić information content (AvgIpc) is 3.56. The van der Waals surface area contributed by atoms with Crippen LogP contribution in [0.4, 0.5) is 5.69 Å². The number of benzene rings is 1. The van der Waals surface area contributed by atoms with Crippen LogP contribution in [0.2, 0.25) is 0 Å². The molecule has 0 aliphatic heterocycles. The summed E-state index contributed by atoms with van der Waals surface area (Å²) >= 11 is 0. The summed E-state index contributed by atoms with van der Waals surface area (Å²) in [5, 5.41) is 21.9. The summed E-state index contributed by atoms with van der Waals surface area (Å²) in [5.41, 5.74) is 7.84. The maximum atomic E-state index is 12.0. The van der Waals surface area contributed by atoms with Crippen molar-refractivity contribution in [2.24, 2.45) is 14.1 Å². The molecule has 4 aromatic heterocycles. The summed E-state index contributed by atoms with van der Waals surface area (Å²) in [6, 6.07) is 10.1. The van der Waals surface area contributed by atoms with Crippen molar-refractivity contribution >= 4 is 22.6 Å². The molecule has 0 aliphatic carbocycles. The number of H-pyrrole nitrogens is 1. The van der Waals surface area contributed by atoms with E-state index in [9.17, 15) is 10.1 Å². The molecule has 0 saturated carbocycles. The largest absolute Gasteiger partial charge is 0.339 e. The molecule has 0 spiro atoms. The SMILES string of the molecule is C=CC(=O)Nc1cc(-c2c(-c3cnn(C)c3)[nH]c3ncc(-c4cnn(C)c4C#N)cc23)ccc1C. The maximum Gasteiger partial charge on any atom is 0.247 e. The highest BCUT2D eigenvalue weighted by Gasteiger charge is 2.20. The monoisotopic (exact) mass is 462 g/mol. The quantitative estimate of drug-likeness (QED) is 0.377. The number of pyridine rings is 1. The molecule has 0 unspecified atom stereocenters. The first-order valence-electron chi connectivity index (χ1n) is 10.9. The number of carbonyl (C=O) groups is 1. The molecule has 0 saturated heterocycles. The first-order valence-corrected chi connectivity index (χ1v) is 10.9. The molecule has 0 fully saturated rings. The zero-order valence-corrected chi connectivity index (χ0v) is 19.5. The Labute approximate surface area is 201 Å². The van der Waals surface area contributed by atoms with E-state index >= 15 is 0 Å². The molecule has 0 aliphatic rings. The number of nitriles is 1. The smallest absolute Gasteiger partial charge is 0.247 e. The third-order valence-corrected chi connectivity index (χ3v) is 5.97. The fourth-order valence-electron chi connectivity index (χ4n) is 4.16. The average molecular weight is 463 g/mol. The zero-order valence-electron chi connectivity index (χ0n) is 19.5. The Morgan fingerprint density at radius 1 is 1.14 bits per heavy atom. The summed E-state index contributed by atoms with van der Waals surface area (Å²) in [4.78, 5) is 20.1. The lowest BCUT2D eigenvalue weighted by molar-refractivity contribution is -0.111. The molecule has 5 rings (SSSR count). The minimum atomic E-state index is -0.277. The highest BCUT2D eigenvalue weighted by atomic mass is 16.1. The lowest BCUT2D eigenvalue weighted by atomic mass is 9.97. The van der Waals surface area contributed by atoms with Crippen LogP contribution >= 0.6 is 0 Å². The number of anilines is 1. The van der Waals surface area contributed by atoms with Crippen LogP contribution in [0, 0.1) is 18.3 Å². The summed E-state index contributed by atoms with van der Waals surface area (Å²) in [5.74, 6) is -0.277. The lowest BCUT2D eigenvalue weighted by Gasteiger charge is -2.11. The number of aromatic amines is 1. The third kappa shape index (κ3) is 3.77. The fraction of sp³-hybridized carbons (Fsp3) is 0.115. The van der Waals surface area contributed by atoms with E-state index in [1.54, 1.807) is 35.0 Å². The third-order valence-electron chi connectivity index (χ3n) is 5.97. The van der Waals surface area contributed by atoms with Gasteiger partial charge in [-0.1, -0.05) is 18.7 Å². The number of nitrogens with one attached hydrogen (secondary N) is 2. The van der Waals surface area contributed by atoms with E-state index in [0.717, 1.165) is 38.9 Å².